The van der Waals surface area contributed by atoms with Crippen molar-refractivity contribution < 1.29 is 28.6 Å². The molecule has 6 nitrogen and oxygen atoms in total. The second-order valence-electron chi connectivity index (χ2n) is 18.4. The van der Waals surface area contributed by atoms with Crippen molar-refractivity contribution in [1.82, 2.24) is 0 Å². The van der Waals surface area contributed by atoms with E-state index in [4.69, 9.17) is 14.2 Å². The van der Waals surface area contributed by atoms with Crippen LogP contribution in [-0.2, 0) is 28.6 Å². The van der Waals surface area contributed by atoms with Crippen molar-refractivity contribution in [2.75, 3.05) is 13.2 Å². The summed E-state index contributed by atoms with van der Waals surface area (Å²) in [6, 6.07) is 0. The van der Waals surface area contributed by atoms with E-state index in [1.165, 1.54) is 167 Å². The molecule has 0 saturated heterocycles. The SMILES string of the molecule is CCCCCCCCCC(=O)O[C@@H](COC(=O)CCCCCCCCCCCCCCCCCC(C)C)COC(=O)CCCCCCCCCCCCCC(C)C. The van der Waals surface area contributed by atoms with E-state index in [0.29, 0.717) is 19.3 Å². The summed E-state index contributed by atoms with van der Waals surface area (Å²) in [7, 11) is 0. The predicted octanol–water partition coefficient (Wildman–Crippen LogP) is 16.1. The summed E-state index contributed by atoms with van der Waals surface area (Å²) >= 11 is 0. The van der Waals surface area contributed by atoms with Gasteiger partial charge in [-0.25, -0.2) is 0 Å². The van der Waals surface area contributed by atoms with Crippen LogP contribution in [0.4, 0.5) is 0 Å². The Morgan fingerprint density at radius 2 is 0.579 bits per heavy atom. The summed E-state index contributed by atoms with van der Waals surface area (Å²) in [4.78, 5) is 37.7. The summed E-state index contributed by atoms with van der Waals surface area (Å²) in [5, 5.41) is 0. The first-order valence-corrected chi connectivity index (χ1v) is 25.2. The van der Waals surface area contributed by atoms with Crippen LogP contribution >= 0.6 is 0 Å². The van der Waals surface area contributed by atoms with Gasteiger partial charge in [0.15, 0.2) is 6.10 Å². The lowest BCUT2D eigenvalue weighted by atomic mass is 10.0. The Morgan fingerprint density at radius 1 is 0.333 bits per heavy atom. The summed E-state index contributed by atoms with van der Waals surface area (Å²) in [5.41, 5.74) is 0. The molecule has 0 heterocycles. The molecule has 0 aliphatic carbocycles. The maximum atomic E-state index is 12.6. The number of carbonyl (C=O) groups is 3. The Hall–Kier alpha value is -1.59. The van der Waals surface area contributed by atoms with E-state index in [2.05, 4.69) is 34.6 Å². The van der Waals surface area contributed by atoms with Crippen LogP contribution < -0.4 is 0 Å². The summed E-state index contributed by atoms with van der Waals surface area (Å²) in [5.74, 6) is 0.819. The number of carbonyl (C=O) groups excluding carboxylic acids is 3. The van der Waals surface area contributed by atoms with Crippen molar-refractivity contribution >= 4 is 17.9 Å². The zero-order valence-electron chi connectivity index (χ0n) is 39.0. The predicted molar refractivity (Wildman–Crippen MR) is 243 cm³/mol. The quantitative estimate of drug-likeness (QED) is 0.0346. The smallest absolute Gasteiger partial charge is 0.306 e. The summed E-state index contributed by atoms with van der Waals surface area (Å²) in [6.45, 7) is 11.3. The third kappa shape index (κ3) is 45.3. The Morgan fingerprint density at radius 3 is 0.860 bits per heavy atom. The molecule has 0 fully saturated rings. The monoisotopic (exact) mass is 807 g/mol. The van der Waals surface area contributed by atoms with Crippen LogP contribution in [-0.4, -0.2) is 37.2 Å². The molecule has 0 amide bonds. The number of hydrogen-bond acceptors (Lipinski definition) is 6. The fourth-order valence-corrected chi connectivity index (χ4v) is 7.64. The maximum absolute atomic E-state index is 12.6. The van der Waals surface area contributed by atoms with Crippen molar-refractivity contribution in [2.45, 2.75) is 285 Å². The molecule has 338 valence electrons. The zero-order chi connectivity index (χ0) is 41.9. The van der Waals surface area contributed by atoms with E-state index in [1.807, 2.05) is 0 Å². The lowest BCUT2D eigenvalue weighted by Gasteiger charge is -2.18. The number of ether oxygens (including phenoxy) is 3. The number of esters is 3. The van der Waals surface area contributed by atoms with Gasteiger partial charge < -0.3 is 14.2 Å². The highest BCUT2D eigenvalue weighted by Gasteiger charge is 2.19. The van der Waals surface area contributed by atoms with Crippen LogP contribution in [0.1, 0.15) is 279 Å². The Labute approximate surface area is 355 Å². The molecular formula is C51H98O6. The van der Waals surface area contributed by atoms with E-state index in [-0.39, 0.29) is 31.1 Å². The highest BCUT2D eigenvalue weighted by Crippen LogP contribution is 2.17. The average molecular weight is 807 g/mol. The molecule has 6 heteroatoms. The lowest BCUT2D eigenvalue weighted by molar-refractivity contribution is -0.167. The van der Waals surface area contributed by atoms with Crippen LogP contribution in [0.2, 0.25) is 0 Å². The maximum Gasteiger partial charge on any atom is 0.306 e. The fourth-order valence-electron chi connectivity index (χ4n) is 7.64. The van der Waals surface area contributed by atoms with Crippen molar-refractivity contribution in [1.29, 1.82) is 0 Å². The molecule has 0 aliphatic rings. The molecule has 0 spiro atoms. The van der Waals surface area contributed by atoms with Gasteiger partial charge in [0.1, 0.15) is 13.2 Å². The first kappa shape index (κ1) is 55.4. The molecule has 0 unspecified atom stereocenters. The Bertz CT molecular complexity index is 870. The van der Waals surface area contributed by atoms with Gasteiger partial charge >= 0.3 is 17.9 Å². The molecule has 0 bridgehead atoms. The van der Waals surface area contributed by atoms with Crippen molar-refractivity contribution in [3.8, 4) is 0 Å². The standard InChI is InChI=1S/C51H98O6/c1-6-7-8-9-24-33-38-43-51(54)57-48(45-56-50(53)42-37-32-28-23-19-15-17-21-26-30-35-40-47(4)5)44-55-49(52)41-36-31-27-22-18-14-12-10-11-13-16-20-25-29-34-39-46(2)3/h46-48H,6-45H2,1-5H3/t48-/m0/s1. The van der Waals surface area contributed by atoms with E-state index in [1.54, 1.807) is 0 Å². The normalized spacial score (nSPS) is 12.1. The minimum absolute atomic E-state index is 0.0644. The molecule has 1 atom stereocenters. The van der Waals surface area contributed by atoms with Gasteiger partial charge in [0.25, 0.3) is 0 Å². The molecular weight excluding hydrogens is 709 g/mol. The van der Waals surface area contributed by atoms with E-state index in [0.717, 1.165) is 69.6 Å². The second-order valence-corrected chi connectivity index (χ2v) is 18.4. The number of rotatable bonds is 45. The van der Waals surface area contributed by atoms with Crippen molar-refractivity contribution in [3.63, 3.8) is 0 Å². The summed E-state index contributed by atoms with van der Waals surface area (Å²) in [6.07, 6.45) is 43.9. The van der Waals surface area contributed by atoms with Crippen LogP contribution in [0.3, 0.4) is 0 Å². The minimum Gasteiger partial charge on any atom is -0.462 e. The molecule has 0 radical (unpaired) electrons. The number of hydrogen-bond donors (Lipinski definition) is 0. The fraction of sp³-hybridized carbons (Fsp3) is 0.941. The average Bonchev–Trinajstić information content (AvgIpc) is 3.18. The highest BCUT2D eigenvalue weighted by molar-refractivity contribution is 5.71. The van der Waals surface area contributed by atoms with Gasteiger partial charge in [-0.3, -0.25) is 14.4 Å². The largest absolute Gasteiger partial charge is 0.462 e. The third-order valence-electron chi connectivity index (χ3n) is 11.5. The minimum atomic E-state index is -0.760. The van der Waals surface area contributed by atoms with Gasteiger partial charge in [-0.1, -0.05) is 240 Å². The Balaban J connectivity index is 4.16. The Kier molecular flexibility index (Phi) is 42.7. The number of unbranched alkanes of at least 4 members (excludes halogenated alkanes) is 30. The first-order valence-electron chi connectivity index (χ1n) is 25.2. The van der Waals surface area contributed by atoms with Gasteiger partial charge in [0, 0.05) is 19.3 Å². The van der Waals surface area contributed by atoms with E-state index < -0.39 is 6.10 Å². The van der Waals surface area contributed by atoms with Gasteiger partial charge in [-0.15, -0.1) is 0 Å². The molecule has 57 heavy (non-hydrogen) atoms. The molecule has 0 N–H and O–H groups in total. The van der Waals surface area contributed by atoms with Crippen molar-refractivity contribution in [3.05, 3.63) is 0 Å². The molecule has 0 aromatic heterocycles. The topological polar surface area (TPSA) is 78.9 Å². The van der Waals surface area contributed by atoms with Gasteiger partial charge in [-0.2, -0.15) is 0 Å². The van der Waals surface area contributed by atoms with Crippen molar-refractivity contribution in [2.24, 2.45) is 11.8 Å². The lowest BCUT2D eigenvalue weighted by Crippen LogP contribution is -2.30. The summed E-state index contributed by atoms with van der Waals surface area (Å²) < 4.78 is 16.7. The van der Waals surface area contributed by atoms with Crippen LogP contribution in [0.25, 0.3) is 0 Å². The van der Waals surface area contributed by atoms with Gasteiger partial charge in [0.2, 0.25) is 0 Å². The van der Waals surface area contributed by atoms with Gasteiger partial charge in [-0.05, 0) is 31.1 Å². The van der Waals surface area contributed by atoms with Gasteiger partial charge in [0.05, 0.1) is 0 Å². The molecule has 0 saturated carbocycles. The molecule has 0 aliphatic heterocycles. The van der Waals surface area contributed by atoms with E-state index in [9.17, 15) is 14.4 Å². The highest BCUT2D eigenvalue weighted by atomic mass is 16.6. The molecule has 0 aromatic carbocycles. The van der Waals surface area contributed by atoms with Crippen LogP contribution in [0.15, 0.2) is 0 Å². The first-order chi connectivity index (χ1) is 27.7. The molecule has 0 aromatic rings. The van der Waals surface area contributed by atoms with Crippen LogP contribution in [0.5, 0.6) is 0 Å². The van der Waals surface area contributed by atoms with E-state index >= 15 is 0 Å². The third-order valence-corrected chi connectivity index (χ3v) is 11.5. The molecule has 0 rings (SSSR count). The zero-order valence-corrected chi connectivity index (χ0v) is 39.0. The van der Waals surface area contributed by atoms with Crippen LogP contribution in [0, 0.1) is 11.8 Å². The second kappa shape index (κ2) is 44.0.